The summed E-state index contributed by atoms with van der Waals surface area (Å²) in [7, 11) is 1.63. The Balaban J connectivity index is 1.31. The SMILES string of the molecule is COc1ccc(CC(=O)N2CCN(c3ccc(-c4ccco4)nn3)CC2)cc1. The van der Waals surface area contributed by atoms with Crippen LogP contribution >= 0.6 is 0 Å². The number of rotatable bonds is 5. The first-order chi connectivity index (χ1) is 13.7. The molecule has 1 saturated heterocycles. The summed E-state index contributed by atoms with van der Waals surface area (Å²) < 4.78 is 10.5. The van der Waals surface area contributed by atoms with E-state index in [2.05, 4.69) is 15.1 Å². The zero-order chi connectivity index (χ0) is 19.3. The number of hydrogen-bond donors (Lipinski definition) is 0. The smallest absolute Gasteiger partial charge is 0.227 e. The molecule has 7 nitrogen and oxygen atoms in total. The second kappa shape index (κ2) is 8.12. The van der Waals surface area contributed by atoms with Gasteiger partial charge in [0.25, 0.3) is 0 Å². The molecule has 1 aliphatic rings. The van der Waals surface area contributed by atoms with Crippen LogP contribution in [-0.4, -0.2) is 54.3 Å². The Morgan fingerprint density at radius 3 is 2.43 bits per heavy atom. The minimum atomic E-state index is 0.143. The Hall–Kier alpha value is -3.35. The number of piperazine rings is 1. The summed E-state index contributed by atoms with van der Waals surface area (Å²) >= 11 is 0. The van der Waals surface area contributed by atoms with Crippen LogP contribution in [0.2, 0.25) is 0 Å². The molecule has 3 aromatic rings. The van der Waals surface area contributed by atoms with Gasteiger partial charge in [0.1, 0.15) is 11.4 Å². The number of methoxy groups -OCH3 is 1. The largest absolute Gasteiger partial charge is 0.497 e. The Kier molecular flexibility index (Phi) is 5.23. The van der Waals surface area contributed by atoms with Crippen LogP contribution in [0.4, 0.5) is 5.82 Å². The third kappa shape index (κ3) is 3.98. The average molecular weight is 378 g/mol. The van der Waals surface area contributed by atoms with E-state index in [-0.39, 0.29) is 5.91 Å². The summed E-state index contributed by atoms with van der Waals surface area (Å²) in [6.45, 7) is 2.83. The normalized spacial score (nSPS) is 14.2. The highest BCUT2D eigenvalue weighted by Gasteiger charge is 2.22. The van der Waals surface area contributed by atoms with E-state index in [0.717, 1.165) is 30.2 Å². The highest BCUT2D eigenvalue weighted by Crippen LogP contribution is 2.20. The van der Waals surface area contributed by atoms with Gasteiger partial charge < -0.3 is 19.0 Å². The van der Waals surface area contributed by atoms with Crippen molar-refractivity contribution >= 4 is 11.7 Å². The lowest BCUT2D eigenvalue weighted by Gasteiger charge is -2.35. The van der Waals surface area contributed by atoms with E-state index in [0.29, 0.717) is 31.0 Å². The number of carbonyl (C=O) groups is 1. The highest BCUT2D eigenvalue weighted by molar-refractivity contribution is 5.79. The van der Waals surface area contributed by atoms with E-state index >= 15 is 0 Å². The van der Waals surface area contributed by atoms with Gasteiger partial charge in [-0.25, -0.2) is 0 Å². The van der Waals surface area contributed by atoms with Gasteiger partial charge in [-0.05, 0) is 42.0 Å². The average Bonchev–Trinajstić information content (AvgIpc) is 3.29. The van der Waals surface area contributed by atoms with Crippen LogP contribution in [0.25, 0.3) is 11.5 Å². The highest BCUT2D eigenvalue weighted by atomic mass is 16.5. The van der Waals surface area contributed by atoms with Gasteiger partial charge in [-0.1, -0.05) is 12.1 Å². The molecule has 0 bridgehead atoms. The van der Waals surface area contributed by atoms with Crippen LogP contribution in [0, 0.1) is 0 Å². The van der Waals surface area contributed by atoms with Gasteiger partial charge >= 0.3 is 0 Å². The molecule has 1 aromatic carbocycles. The molecule has 1 fully saturated rings. The molecule has 0 aliphatic carbocycles. The number of hydrogen-bond acceptors (Lipinski definition) is 6. The van der Waals surface area contributed by atoms with Crippen molar-refractivity contribution in [2.45, 2.75) is 6.42 Å². The zero-order valence-electron chi connectivity index (χ0n) is 15.7. The Bertz CT molecular complexity index is 900. The molecule has 0 unspecified atom stereocenters. The van der Waals surface area contributed by atoms with Crippen molar-refractivity contribution in [3.8, 4) is 17.2 Å². The Morgan fingerprint density at radius 1 is 1.04 bits per heavy atom. The first-order valence-electron chi connectivity index (χ1n) is 9.26. The topological polar surface area (TPSA) is 71.7 Å². The quantitative estimate of drug-likeness (QED) is 0.680. The molecule has 28 heavy (non-hydrogen) atoms. The summed E-state index contributed by atoms with van der Waals surface area (Å²) in [5, 5.41) is 8.56. The van der Waals surface area contributed by atoms with E-state index in [1.807, 2.05) is 53.4 Å². The van der Waals surface area contributed by atoms with Gasteiger partial charge in [0, 0.05) is 26.2 Å². The number of carbonyl (C=O) groups excluding carboxylic acids is 1. The van der Waals surface area contributed by atoms with E-state index in [1.165, 1.54) is 0 Å². The second-order valence-electron chi connectivity index (χ2n) is 6.65. The maximum atomic E-state index is 12.6. The lowest BCUT2D eigenvalue weighted by molar-refractivity contribution is -0.130. The van der Waals surface area contributed by atoms with Crippen LogP contribution in [-0.2, 0) is 11.2 Å². The first kappa shape index (κ1) is 18.0. The first-order valence-corrected chi connectivity index (χ1v) is 9.26. The summed E-state index contributed by atoms with van der Waals surface area (Å²) in [6.07, 6.45) is 2.02. The maximum absolute atomic E-state index is 12.6. The van der Waals surface area contributed by atoms with Gasteiger partial charge in [-0.15, -0.1) is 10.2 Å². The van der Waals surface area contributed by atoms with Crippen molar-refractivity contribution in [3.05, 3.63) is 60.4 Å². The van der Waals surface area contributed by atoms with Gasteiger partial charge in [0.15, 0.2) is 11.6 Å². The van der Waals surface area contributed by atoms with Crippen LogP contribution in [0.5, 0.6) is 5.75 Å². The molecular formula is C21H22N4O3. The molecule has 3 heterocycles. The fourth-order valence-electron chi connectivity index (χ4n) is 3.26. The van der Waals surface area contributed by atoms with Crippen molar-refractivity contribution in [2.75, 3.05) is 38.2 Å². The number of ether oxygens (including phenoxy) is 1. The van der Waals surface area contributed by atoms with Crippen LogP contribution in [0.3, 0.4) is 0 Å². The standard InChI is InChI=1S/C21H22N4O3/c1-27-17-6-4-16(5-7-17)15-21(26)25-12-10-24(11-13-25)20-9-8-18(22-23-20)19-3-2-14-28-19/h2-9,14H,10-13,15H2,1H3. The molecule has 4 rings (SSSR count). The summed E-state index contributed by atoms with van der Waals surface area (Å²) in [5.41, 5.74) is 1.70. The van der Waals surface area contributed by atoms with E-state index in [4.69, 9.17) is 9.15 Å². The molecule has 0 N–H and O–H groups in total. The van der Waals surface area contributed by atoms with Gasteiger partial charge in [0.2, 0.25) is 5.91 Å². The Labute approximate surface area is 163 Å². The monoisotopic (exact) mass is 378 g/mol. The molecule has 1 amide bonds. The Morgan fingerprint density at radius 2 is 1.82 bits per heavy atom. The van der Waals surface area contributed by atoms with Crippen LogP contribution < -0.4 is 9.64 Å². The van der Waals surface area contributed by atoms with Crippen molar-refractivity contribution in [2.24, 2.45) is 0 Å². The molecule has 144 valence electrons. The molecule has 0 radical (unpaired) electrons. The predicted octanol–water partition coefficient (Wildman–Crippen LogP) is 2.64. The van der Waals surface area contributed by atoms with Crippen molar-refractivity contribution in [1.29, 1.82) is 0 Å². The fraction of sp³-hybridized carbons (Fsp3) is 0.286. The number of nitrogens with zero attached hydrogens (tertiary/aromatic N) is 4. The van der Waals surface area contributed by atoms with Crippen molar-refractivity contribution in [1.82, 2.24) is 15.1 Å². The lowest BCUT2D eigenvalue weighted by atomic mass is 10.1. The lowest BCUT2D eigenvalue weighted by Crippen LogP contribution is -2.49. The van der Waals surface area contributed by atoms with Crippen LogP contribution in [0.15, 0.2) is 59.2 Å². The number of benzene rings is 1. The molecule has 7 heteroatoms. The van der Waals surface area contributed by atoms with Crippen LogP contribution in [0.1, 0.15) is 5.56 Å². The maximum Gasteiger partial charge on any atom is 0.227 e. The summed E-state index contributed by atoms with van der Waals surface area (Å²) in [4.78, 5) is 16.6. The van der Waals surface area contributed by atoms with Gasteiger partial charge in [0.05, 0.1) is 19.8 Å². The molecule has 0 saturated carbocycles. The summed E-state index contributed by atoms with van der Waals surface area (Å²) in [6, 6.07) is 15.2. The van der Waals surface area contributed by atoms with Gasteiger partial charge in [-0.2, -0.15) is 0 Å². The van der Waals surface area contributed by atoms with E-state index < -0.39 is 0 Å². The van der Waals surface area contributed by atoms with E-state index in [9.17, 15) is 4.79 Å². The summed E-state index contributed by atoms with van der Waals surface area (Å²) in [5.74, 6) is 2.46. The van der Waals surface area contributed by atoms with Gasteiger partial charge in [-0.3, -0.25) is 4.79 Å². The second-order valence-corrected chi connectivity index (χ2v) is 6.65. The number of amides is 1. The third-order valence-electron chi connectivity index (χ3n) is 4.89. The van der Waals surface area contributed by atoms with Crippen molar-refractivity contribution < 1.29 is 13.9 Å². The van der Waals surface area contributed by atoms with Crippen molar-refractivity contribution in [3.63, 3.8) is 0 Å². The molecular weight excluding hydrogens is 356 g/mol. The number of aromatic nitrogens is 2. The third-order valence-corrected chi connectivity index (χ3v) is 4.89. The fourth-order valence-corrected chi connectivity index (χ4v) is 3.26. The molecule has 0 atom stereocenters. The van der Waals surface area contributed by atoms with E-state index in [1.54, 1.807) is 13.4 Å². The molecule has 0 spiro atoms. The minimum Gasteiger partial charge on any atom is -0.497 e. The number of anilines is 1. The predicted molar refractivity (Wildman–Crippen MR) is 105 cm³/mol. The molecule has 1 aliphatic heterocycles. The zero-order valence-corrected chi connectivity index (χ0v) is 15.7. The number of furan rings is 1. The minimum absolute atomic E-state index is 0.143. The molecule has 2 aromatic heterocycles.